The number of hydrogen-bond donors (Lipinski definition) is 1. The van der Waals surface area contributed by atoms with Crippen LogP contribution in [0.2, 0.25) is 0 Å². The predicted molar refractivity (Wildman–Crippen MR) is 50.1 cm³/mol. The van der Waals surface area contributed by atoms with E-state index in [1.165, 1.54) is 19.2 Å². The molecule has 4 heteroatoms. The Kier molecular flexibility index (Phi) is 3.59. The lowest BCUT2D eigenvalue weighted by molar-refractivity contribution is -0.142. The minimum Gasteiger partial charge on any atom is -0.468 e. The molecule has 76 valence electrons. The van der Waals surface area contributed by atoms with Crippen molar-refractivity contribution in [2.24, 2.45) is 5.73 Å². The SMILES string of the molecule is COC(=O)C(N)Cc1cccc(F)c1. The highest BCUT2D eigenvalue weighted by Crippen LogP contribution is 2.06. The number of methoxy groups -OCH3 is 1. The van der Waals surface area contributed by atoms with Gasteiger partial charge in [-0.1, -0.05) is 12.1 Å². The summed E-state index contributed by atoms with van der Waals surface area (Å²) in [5.74, 6) is -0.825. The summed E-state index contributed by atoms with van der Waals surface area (Å²) in [7, 11) is 1.27. The molecule has 0 saturated carbocycles. The van der Waals surface area contributed by atoms with Gasteiger partial charge in [-0.15, -0.1) is 0 Å². The number of hydrogen-bond acceptors (Lipinski definition) is 3. The Morgan fingerprint density at radius 2 is 2.36 bits per heavy atom. The monoisotopic (exact) mass is 197 g/mol. The number of esters is 1. The third kappa shape index (κ3) is 2.81. The zero-order chi connectivity index (χ0) is 10.6. The van der Waals surface area contributed by atoms with E-state index in [0.29, 0.717) is 5.56 Å². The molecule has 0 fully saturated rings. The lowest BCUT2D eigenvalue weighted by atomic mass is 10.1. The van der Waals surface area contributed by atoms with Gasteiger partial charge in [-0.25, -0.2) is 4.39 Å². The number of benzene rings is 1. The molecule has 0 saturated heterocycles. The molecule has 1 aromatic rings. The Morgan fingerprint density at radius 3 is 2.93 bits per heavy atom. The van der Waals surface area contributed by atoms with Crippen LogP contribution in [0.4, 0.5) is 4.39 Å². The van der Waals surface area contributed by atoms with E-state index in [1.54, 1.807) is 12.1 Å². The number of rotatable bonds is 3. The van der Waals surface area contributed by atoms with Gasteiger partial charge in [-0.2, -0.15) is 0 Å². The van der Waals surface area contributed by atoms with Crippen LogP contribution in [0.15, 0.2) is 24.3 Å². The second-order valence-electron chi connectivity index (χ2n) is 2.96. The van der Waals surface area contributed by atoms with Crippen LogP contribution >= 0.6 is 0 Å². The molecule has 0 aliphatic rings. The molecule has 1 unspecified atom stereocenters. The zero-order valence-corrected chi connectivity index (χ0v) is 7.87. The molecule has 14 heavy (non-hydrogen) atoms. The first-order chi connectivity index (χ1) is 6.63. The van der Waals surface area contributed by atoms with Crippen LogP contribution in [-0.2, 0) is 16.0 Å². The summed E-state index contributed by atoms with van der Waals surface area (Å²) in [6.07, 6.45) is 0.282. The fourth-order valence-corrected chi connectivity index (χ4v) is 1.15. The number of nitrogens with two attached hydrogens (primary N) is 1. The van der Waals surface area contributed by atoms with Crippen molar-refractivity contribution in [2.45, 2.75) is 12.5 Å². The zero-order valence-electron chi connectivity index (χ0n) is 7.87. The van der Waals surface area contributed by atoms with Gasteiger partial charge in [0.2, 0.25) is 0 Å². The third-order valence-corrected chi connectivity index (χ3v) is 1.85. The number of ether oxygens (including phenoxy) is 1. The predicted octanol–water partition coefficient (Wildman–Crippen LogP) is 0.868. The van der Waals surface area contributed by atoms with Crippen molar-refractivity contribution in [3.05, 3.63) is 35.6 Å². The fraction of sp³-hybridized carbons (Fsp3) is 0.300. The van der Waals surface area contributed by atoms with Gasteiger partial charge in [-0.3, -0.25) is 4.79 Å². The molecule has 0 aliphatic carbocycles. The van der Waals surface area contributed by atoms with Gasteiger partial charge in [0.05, 0.1) is 7.11 Å². The molecular weight excluding hydrogens is 185 g/mol. The third-order valence-electron chi connectivity index (χ3n) is 1.85. The van der Waals surface area contributed by atoms with E-state index < -0.39 is 12.0 Å². The molecule has 0 bridgehead atoms. The van der Waals surface area contributed by atoms with Crippen LogP contribution in [0.5, 0.6) is 0 Å². The highest BCUT2D eigenvalue weighted by Gasteiger charge is 2.13. The van der Waals surface area contributed by atoms with Gasteiger partial charge < -0.3 is 10.5 Å². The molecule has 0 aromatic heterocycles. The van der Waals surface area contributed by atoms with Crippen LogP contribution in [0.3, 0.4) is 0 Å². The quantitative estimate of drug-likeness (QED) is 0.731. The van der Waals surface area contributed by atoms with Crippen LogP contribution in [0, 0.1) is 5.82 Å². The van der Waals surface area contributed by atoms with Crippen molar-refractivity contribution in [1.29, 1.82) is 0 Å². The topological polar surface area (TPSA) is 52.3 Å². The van der Waals surface area contributed by atoms with Gasteiger partial charge in [0.15, 0.2) is 0 Å². The molecule has 0 amide bonds. The van der Waals surface area contributed by atoms with E-state index in [-0.39, 0.29) is 12.2 Å². The number of carbonyl (C=O) groups is 1. The first kappa shape index (κ1) is 10.7. The Bertz CT molecular complexity index is 328. The van der Waals surface area contributed by atoms with Gasteiger partial charge >= 0.3 is 5.97 Å². The lowest BCUT2D eigenvalue weighted by Crippen LogP contribution is -2.33. The Hall–Kier alpha value is -1.42. The standard InChI is InChI=1S/C10H12FNO2/c1-14-10(13)9(12)6-7-3-2-4-8(11)5-7/h2-5,9H,6,12H2,1H3. The summed E-state index contributed by atoms with van der Waals surface area (Å²) in [4.78, 5) is 11.0. The van der Waals surface area contributed by atoms with Crippen LogP contribution in [-0.4, -0.2) is 19.1 Å². The second-order valence-corrected chi connectivity index (χ2v) is 2.96. The highest BCUT2D eigenvalue weighted by molar-refractivity contribution is 5.75. The molecule has 0 spiro atoms. The summed E-state index contributed by atoms with van der Waals surface area (Å²) < 4.78 is 17.2. The second kappa shape index (κ2) is 4.72. The van der Waals surface area contributed by atoms with E-state index in [0.717, 1.165) is 0 Å². The smallest absolute Gasteiger partial charge is 0.322 e. The van der Waals surface area contributed by atoms with E-state index >= 15 is 0 Å². The van der Waals surface area contributed by atoms with Gasteiger partial charge in [0.25, 0.3) is 0 Å². The van der Waals surface area contributed by atoms with Crippen molar-refractivity contribution in [2.75, 3.05) is 7.11 Å². The van der Waals surface area contributed by atoms with Crippen molar-refractivity contribution in [3.8, 4) is 0 Å². The van der Waals surface area contributed by atoms with E-state index in [1.807, 2.05) is 0 Å². The van der Waals surface area contributed by atoms with E-state index in [2.05, 4.69) is 4.74 Å². The molecular formula is C10H12FNO2. The summed E-state index contributed by atoms with van der Waals surface area (Å²) in [5, 5.41) is 0. The molecule has 1 aromatic carbocycles. The first-order valence-corrected chi connectivity index (χ1v) is 4.21. The molecule has 1 atom stereocenters. The van der Waals surface area contributed by atoms with E-state index in [4.69, 9.17) is 5.73 Å². The minimum atomic E-state index is -0.734. The summed E-state index contributed by atoms with van der Waals surface area (Å²) in [6, 6.07) is 5.25. The maximum Gasteiger partial charge on any atom is 0.322 e. The van der Waals surface area contributed by atoms with Crippen LogP contribution < -0.4 is 5.73 Å². The highest BCUT2D eigenvalue weighted by atomic mass is 19.1. The van der Waals surface area contributed by atoms with Crippen molar-refractivity contribution in [3.63, 3.8) is 0 Å². The molecule has 2 N–H and O–H groups in total. The fourth-order valence-electron chi connectivity index (χ4n) is 1.15. The van der Waals surface area contributed by atoms with Crippen molar-refractivity contribution >= 4 is 5.97 Å². The summed E-state index contributed by atoms with van der Waals surface area (Å²) >= 11 is 0. The van der Waals surface area contributed by atoms with Gasteiger partial charge in [0, 0.05) is 0 Å². The number of carbonyl (C=O) groups excluding carboxylic acids is 1. The normalized spacial score (nSPS) is 12.2. The minimum absolute atomic E-state index is 0.282. The molecule has 0 aliphatic heterocycles. The average Bonchev–Trinajstić information content (AvgIpc) is 2.16. The van der Waals surface area contributed by atoms with Gasteiger partial charge in [0.1, 0.15) is 11.9 Å². The maximum atomic E-state index is 12.7. The largest absolute Gasteiger partial charge is 0.468 e. The Balaban J connectivity index is 2.64. The lowest BCUT2D eigenvalue weighted by Gasteiger charge is -2.08. The molecule has 0 heterocycles. The first-order valence-electron chi connectivity index (χ1n) is 4.21. The van der Waals surface area contributed by atoms with Crippen molar-refractivity contribution < 1.29 is 13.9 Å². The molecule has 1 rings (SSSR count). The van der Waals surface area contributed by atoms with Crippen LogP contribution in [0.1, 0.15) is 5.56 Å². The maximum absolute atomic E-state index is 12.7. The van der Waals surface area contributed by atoms with Crippen LogP contribution in [0.25, 0.3) is 0 Å². The molecule has 0 radical (unpaired) electrons. The van der Waals surface area contributed by atoms with Crippen molar-refractivity contribution in [1.82, 2.24) is 0 Å². The Morgan fingerprint density at radius 1 is 1.64 bits per heavy atom. The van der Waals surface area contributed by atoms with Gasteiger partial charge in [-0.05, 0) is 24.1 Å². The molecule has 3 nitrogen and oxygen atoms in total. The average molecular weight is 197 g/mol. The Labute approximate surface area is 81.7 Å². The summed E-state index contributed by atoms with van der Waals surface area (Å²) in [6.45, 7) is 0. The van der Waals surface area contributed by atoms with E-state index in [9.17, 15) is 9.18 Å². The number of halogens is 1. The summed E-state index contributed by atoms with van der Waals surface area (Å²) in [5.41, 5.74) is 6.20.